The molecule has 4 heteroatoms. The van der Waals surface area contributed by atoms with Crippen LogP contribution in [0.2, 0.25) is 0 Å². The van der Waals surface area contributed by atoms with Gasteiger partial charge in [0.05, 0.1) is 0 Å². The first-order chi connectivity index (χ1) is 7.81. The van der Waals surface area contributed by atoms with Gasteiger partial charge >= 0.3 is 0 Å². The molecule has 0 radical (unpaired) electrons. The Morgan fingerprint density at radius 1 is 1.00 bits per heavy atom. The molecule has 0 aliphatic heterocycles. The predicted octanol–water partition coefficient (Wildman–Crippen LogP) is 1.62. The Morgan fingerprint density at radius 2 is 1.69 bits per heavy atom. The molecule has 0 aromatic carbocycles. The lowest BCUT2D eigenvalue weighted by atomic mass is 10.3. The highest BCUT2D eigenvalue weighted by Crippen LogP contribution is 1.98. The van der Waals surface area contributed by atoms with Crippen LogP contribution in [0, 0.1) is 0 Å². The van der Waals surface area contributed by atoms with E-state index in [1.165, 1.54) is 6.42 Å². The summed E-state index contributed by atoms with van der Waals surface area (Å²) in [5.41, 5.74) is 11.1. The summed E-state index contributed by atoms with van der Waals surface area (Å²) in [7, 11) is 0. The van der Waals surface area contributed by atoms with E-state index in [-0.39, 0.29) is 6.23 Å². The zero-order valence-electron chi connectivity index (χ0n) is 10.6. The zero-order chi connectivity index (χ0) is 12.1. The average Bonchev–Trinajstić information content (AvgIpc) is 2.30. The Balaban J connectivity index is 3.02. The van der Waals surface area contributed by atoms with Crippen LogP contribution in [-0.4, -0.2) is 32.6 Å². The second-order valence-corrected chi connectivity index (χ2v) is 4.01. The third-order valence-electron chi connectivity index (χ3n) is 2.35. The van der Waals surface area contributed by atoms with Crippen LogP contribution < -0.4 is 11.5 Å². The molecule has 4 N–H and O–H groups in total. The highest BCUT2D eigenvalue weighted by Gasteiger charge is 2.00. The molecule has 16 heavy (non-hydrogen) atoms. The average molecular weight is 232 g/mol. The SMILES string of the molecule is CCCCOCCCCOC(N)CCCN. The minimum Gasteiger partial charge on any atom is -0.381 e. The van der Waals surface area contributed by atoms with E-state index in [1.807, 2.05) is 0 Å². The van der Waals surface area contributed by atoms with Crippen molar-refractivity contribution in [3.63, 3.8) is 0 Å². The van der Waals surface area contributed by atoms with Gasteiger partial charge in [0.25, 0.3) is 0 Å². The van der Waals surface area contributed by atoms with E-state index in [4.69, 9.17) is 20.9 Å². The minimum absolute atomic E-state index is 0.149. The molecule has 1 atom stereocenters. The molecular weight excluding hydrogens is 204 g/mol. The molecule has 0 bridgehead atoms. The normalized spacial score (nSPS) is 12.9. The molecule has 4 nitrogen and oxygen atoms in total. The van der Waals surface area contributed by atoms with Crippen LogP contribution in [0.1, 0.15) is 45.4 Å². The van der Waals surface area contributed by atoms with Gasteiger partial charge in [-0.3, -0.25) is 0 Å². The number of ether oxygens (including phenoxy) is 2. The first kappa shape index (κ1) is 15.8. The van der Waals surface area contributed by atoms with Crippen molar-refractivity contribution in [1.82, 2.24) is 0 Å². The molecular formula is C12H28N2O2. The largest absolute Gasteiger partial charge is 0.381 e. The summed E-state index contributed by atoms with van der Waals surface area (Å²) in [6, 6.07) is 0. The van der Waals surface area contributed by atoms with E-state index in [2.05, 4.69) is 6.92 Å². The summed E-state index contributed by atoms with van der Waals surface area (Å²) in [5, 5.41) is 0. The van der Waals surface area contributed by atoms with E-state index in [0.717, 1.165) is 51.9 Å². The van der Waals surface area contributed by atoms with E-state index < -0.39 is 0 Å². The Bertz CT molecular complexity index is 134. The first-order valence-corrected chi connectivity index (χ1v) is 6.46. The van der Waals surface area contributed by atoms with Gasteiger partial charge in [-0.2, -0.15) is 0 Å². The molecule has 0 fully saturated rings. The van der Waals surface area contributed by atoms with Crippen LogP contribution in [0.3, 0.4) is 0 Å². The summed E-state index contributed by atoms with van der Waals surface area (Å²) in [5.74, 6) is 0. The van der Waals surface area contributed by atoms with Crippen molar-refractivity contribution in [3.8, 4) is 0 Å². The first-order valence-electron chi connectivity index (χ1n) is 6.46. The van der Waals surface area contributed by atoms with Crippen LogP contribution in [0.25, 0.3) is 0 Å². The van der Waals surface area contributed by atoms with E-state index >= 15 is 0 Å². The molecule has 0 aromatic heterocycles. The second-order valence-electron chi connectivity index (χ2n) is 4.01. The molecule has 0 aliphatic rings. The summed E-state index contributed by atoms with van der Waals surface area (Å²) in [6.07, 6.45) is 6.05. The summed E-state index contributed by atoms with van der Waals surface area (Å²) < 4.78 is 10.9. The number of nitrogens with two attached hydrogens (primary N) is 2. The molecule has 0 aliphatic carbocycles. The number of hydrogen-bond acceptors (Lipinski definition) is 4. The Morgan fingerprint density at radius 3 is 2.38 bits per heavy atom. The molecule has 0 saturated carbocycles. The fourth-order valence-corrected chi connectivity index (χ4v) is 1.29. The van der Waals surface area contributed by atoms with Gasteiger partial charge in [-0.15, -0.1) is 0 Å². The fraction of sp³-hybridized carbons (Fsp3) is 1.00. The molecule has 1 unspecified atom stereocenters. The fourth-order valence-electron chi connectivity index (χ4n) is 1.29. The van der Waals surface area contributed by atoms with Gasteiger partial charge < -0.3 is 20.9 Å². The lowest BCUT2D eigenvalue weighted by Gasteiger charge is -2.12. The van der Waals surface area contributed by atoms with Gasteiger partial charge in [0.15, 0.2) is 0 Å². The Hall–Kier alpha value is -0.160. The maximum atomic E-state index is 5.73. The van der Waals surface area contributed by atoms with Gasteiger partial charge in [0, 0.05) is 19.8 Å². The van der Waals surface area contributed by atoms with Crippen molar-refractivity contribution >= 4 is 0 Å². The Labute approximate surface area is 99.7 Å². The third-order valence-corrected chi connectivity index (χ3v) is 2.35. The summed E-state index contributed by atoms with van der Waals surface area (Å²) >= 11 is 0. The summed E-state index contributed by atoms with van der Waals surface area (Å²) in [6.45, 7) is 5.29. The van der Waals surface area contributed by atoms with Crippen LogP contribution >= 0.6 is 0 Å². The van der Waals surface area contributed by atoms with Gasteiger partial charge in [-0.1, -0.05) is 13.3 Å². The molecule has 0 amide bonds. The lowest BCUT2D eigenvalue weighted by Crippen LogP contribution is -2.25. The molecule has 0 aromatic rings. The maximum absolute atomic E-state index is 5.73. The van der Waals surface area contributed by atoms with Crippen LogP contribution in [0.15, 0.2) is 0 Å². The summed E-state index contributed by atoms with van der Waals surface area (Å²) in [4.78, 5) is 0. The topological polar surface area (TPSA) is 70.5 Å². The number of hydrogen-bond donors (Lipinski definition) is 2. The van der Waals surface area contributed by atoms with E-state index in [1.54, 1.807) is 0 Å². The monoisotopic (exact) mass is 232 g/mol. The van der Waals surface area contributed by atoms with E-state index in [9.17, 15) is 0 Å². The van der Waals surface area contributed by atoms with Gasteiger partial charge in [-0.25, -0.2) is 0 Å². The van der Waals surface area contributed by atoms with Crippen molar-refractivity contribution in [2.75, 3.05) is 26.4 Å². The van der Waals surface area contributed by atoms with E-state index in [0.29, 0.717) is 6.54 Å². The van der Waals surface area contributed by atoms with Crippen molar-refractivity contribution < 1.29 is 9.47 Å². The second kappa shape index (κ2) is 12.9. The van der Waals surface area contributed by atoms with Crippen LogP contribution in [-0.2, 0) is 9.47 Å². The van der Waals surface area contributed by atoms with Crippen molar-refractivity contribution in [2.24, 2.45) is 11.5 Å². The molecule has 0 spiro atoms. The van der Waals surface area contributed by atoms with Crippen LogP contribution in [0.4, 0.5) is 0 Å². The molecule has 0 saturated heterocycles. The lowest BCUT2D eigenvalue weighted by molar-refractivity contribution is 0.0428. The highest BCUT2D eigenvalue weighted by molar-refractivity contribution is 4.50. The molecule has 0 rings (SSSR count). The van der Waals surface area contributed by atoms with Crippen molar-refractivity contribution in [3.05, 3.63) is 0 Å². The third kappa shape index (κ3) is 11.9. The molecule has 98 valence electrons. The van der Waals surface area contributed by atoms with Gasteiger partial charge in [-0.05, 0) is 38.6 Å². The van der Waals surface area contributed by atoms with Gasteiger partial charge in [0.2, 0.25) is 0 Å². The van der Waals surface area contributed by atoms with Crippen LogP contribution in [0.5, 0.6) is 0 Å². The minimum atomic E-state index is -0.149. The van der Waals surface area contributed by atoms with Crippen molar-refractivity contribution in [2.45, 2.75) is 51.7 Å². The quantitative estimate of drug-likeness (QED) is 0.396. The maximum Gasteiger partial charge on any atom is 0.105 e. The number of unbranched alkanes of at least 4 members (excludes halogenated alkanes) is 2. The van der Waals surface area contributed by atoms with Crippen molar-refractivity contribution in [1.29, 1.82) is 0 Å². The zero-order valence-corrected chi connectivity index (χ0v) is 10.6. The smallest absolute Gasteiger partial charge is 0.105 e. The number of rotatable bonds is 12. The van der Waals surface area contributed by atoms with Gasteiger partial charge in [0.1, 0.15) is 6.23 Å². The molecule has 0 heterocycles. The highest BCUT2D eigenvalue weighted by atomic mass is 16.5. The predicted molar refractivity (Wildman–Crippen MR) is 67.2 cm³/mol. The standard InChI is InChI=1S/C12H28N2O2/c1-2-3-9-15-10-4-5-11-16-12(14)7-6-8-13/h12H,2-11,13-14H2,1H3. The Kier molecular flexibility index (Phi) is 12.8.